The van der Waals surface area contributed by atoms with Gasteiger partial charge in [-0.15, -0.1) is 0 Å². The molecule has 2 heterocycles. The molecule has 0 aliphatic carbocycles. The molecule has 0 saturated carbocycles. The van der Waals surface area contributed by atoms with Gasteiger partial charge >= 0.3 is 0 Å². The van der Waals surface area contributed by atoms with E-state index < -0.39 is 0 Å². The summed E-state index contributed by atoms with van der Waals surface area (Å²) in [5.74, 6) is 0. The smallest absolute Gasteiger partial charge is 0.150 e. The van der Waals surface area contributed by atoms with Gasteiger partial charge in [0.1, 0.15) is 6.29 Å². The Kier molecular flexibility index (Phi) is 2.91. The predicted molar refractivity (Wildman–Crippen MR) is 74.2 cm³/mol. The number of hydrogen-bond donors (Lipinski definition) is 0. The normalized spacial score (nSPS) is 11.0. The molecule has 0 aliphatic rings. The van der Waals surface area contributed by atoms with Gasteiger partial charge in [-0.3, -0.25) is 9.48 Å². The third kappa shape index (κ3) is 2.17. The summed E-state index contributed by atoms with van der Waals surface area (Å²) in [6, 6.07) is 9.86. The molecule has 1 aromatic carbocycles. The highest BCUT2D eigenvalue weighted by Crippen LogP contribution is 2.17. The number of aldehydes is 1. The Balaban J connectivity index is 1.85. The van der Waals surface area contributed by atoms with Gasteiger partial charge in [-0.05, 0) is 30.3 Å². The average molecular weight is 253 g/mol. The van der Waals surface area contributed by atoms with Crippen LogP contribution in [0.1, 0.15) is 16.1 Å². The third-order valence-electron chi connectivity index (χ3n) is 3.46. The van der Waals surface area contributed by atoms with E-state index in [1.54, 1.807) is 0 Å². The van der Waals surface area contributed by atoms with Crippen molar-refractivity contribution in [3.05, 3.63) is 54.0 Å². The van der Waals surface area contributed by atoms with Gasteiger partial charge in [0.05, 0.1) is 0 Å². The van der Waals surface area contributed by atoms with E-state index in [0.29, 0.717) is 0 Å². The Morgan fingerprint density at radius 1 is 1.26 bits per heavy atom. The molecule has 4 heteroatoms. The minimum absolute atomic E-state index is 0.719. The van der Waals surface area contributed by atoms with Crippen LogP contribution in [0.25, 0.3) is 10.9 Å². The van der Waals surface area contributed by atoms with E-state index in [-0.39, 0.29) is 0 Å². The molecule has 19 heavy (non-hydrogen) atoms. The number of rotatable bonds is 4. The molecule has 0 N–H and O–H groups in total. The van der Waals surface area contributed by atoms with Crippen LogP contribution >= 0.6 is 0 Å². The van der Waals surface area contributed by atoms with Gasteiger partial charge in [-0.2, -0.15) is 5.10 Å². The maximum absolute atomic E-state index is 10.8. The molecule has 0 atom stereocenters. The van der Waals surface area contributed by atoms with E-state index >= 15 is 0 Å². The van der Waals surface area contributed by atoms with Crippen LogP contribution in [0.5, 0.6) is 0 Å². The first-order valence-electron chi connectivity index (χ1n) is 6.29. The Bertz CT molecular complexity index is 724. The Morgan fingerprint density at radius 2 is 2.16 bits per heavy atom. The number of nitrogens with zero attached hydrogens (tertiary/aromatic N) is 3. The zero-order valence-electron chi connectivity index (χ0n) is 10.8. The van der Waals surface area contributed by atoms with Crippen LogP contribution in [0.3, 0.4) is 0 Å². The molecule has 2 aromatic heterocycles. The summed E-state index contributed by atoms with van der Waals surface area (Å²) in [6.45, 7) is 0.906. The van der Waals surface area contributed by atoms with Crippen molar-refractivity contribution >= 4 is 17.2 Å². The largest absolute Gasteiger partial charge is 0.347 e. The second-order valence-electron chi connectivity index (χ2n) is 4.64. The lowest BCUT2D eigenvalue weighted by Crippen LogP contribution is -2.04. The van der Waals surface area contributed by atoms with Crippen LogP contribution in [0.15, 0.2) is 42.7 Å². The SMILES string of the molecule is Cn1nccc1CCn1ccc2cc(C=O)ccc21. The van der Waals surface area contributed by atoms with Crippen LogP contribution in [0.2, 0.25) is 0 Å². The van der Waals surface area contributed by atoms with Crippen molar-refractivity contribution in [1.29, 1.82) is 0 Å². The highest BCUT2D eigenvalue weighted by atomic mass is 16.1. The summed E-state index contributed by atoms with van der Waals surface area (Å²) in [5.41, 5.74) is 3.09. The van der Waals surface area contributed by atoms with Gasteiger partial charge in [0.2, 0.25) is 0 Å². The van der Waals surface area contributed by atoms with E-state index in [2.05, 4.69) is 15.9 Å². The van der Waals surface area contributed by atoms with Crippen LogP contribution in [0, 0.1) is 0 Å². The summed E-state index contributed by atoms with van der Waals surface area (Å²) < 4.78 is 4.10. The van der Waals surface area contributed by atoms with Crippen molar-refractivity contribution in [3.8, 4) is 0 Å². The highest BCUT2D eigenvalue weighted by molar-refractivity contribution is 5.87. The standard InChI is InChI=1S/C15H15N3O/c1-17-14(4-7-16-17)6-9-18-8-5-13-10-12(11-19)2-3-15(13)18/h2-5,7-8,10-11H,6,9H2,1H3. The van der Waals surface area contributed by atoms with Gasteiger partial charge < -0.3 is 4.57 Å². The first kappa shape index (κ1) is 11.7. The van der Waals surface area contributed by atoms with Crippen molar-refractivity contribution in [2.75, 3.05) is 0 Å². The fraction of sp³-hybridized carbons (Fsp3) is 0.200. The topological polar surface area (TPSA) is 39.8 Å². The first-order chi connectivity index (χ1) is 9.28. The molecule has 0 amide bonds. The number of fused-ring (bicyclic) bond motifs is 1. The van der Waals surface area contributed by atoms with E-state index in [9.17, 15) is 4.79 Å². The summed E-state index contributed by atoms with van der Waals surface area (Å²) in [6.07, 6.45) is 5.71. The maximum Gasteiger partial charge on any atom is 0.150 e. The molecule has 0 bridgehead atoms. The predicted octanol–water partition coefficient (Wildman–Crippen LogP) is 2.43. The van der Waals surface area contributed by atoms with Crippen molar-refractivity contribution < 1.29 is 4.79 Å². The monoisotopic (exact) mass is 253 g/mol. The fourth-order valence-corrected chi connectivity index (χ4v) is 2.37. The quantitative estimate of drug-likeness (QED) is 0.670. The second kappa shape index (κ2) is 4.72. The van der Waals surface area contributed by atoms with Gasteiger partial charge in [0.25, 0.3) is 0 Å². The summed E-state index contributed by atoms with van der Waals surface area (Å²) in [4.78, 5) is 10.8. The number of carbonyl (C=O) groups is 1. The van der Waals surface area contributed by atoms with Crippen LogP contribution in [-0.4, -0.2) is 20.6 Å². The zero-order chi connectivity index (χ0) is 13.2. The number of carbonyl (C=O) groups excluding carboxylic acids is 1. The summed E-state index contributed by atoms with van der Waals surface area (Å²) >= 11 is 0. The van der Waals surface area contributed by atoms with E-state index in [0.717, 1.165) is 35.7 Å². The number of aryl methyl sites for hydroxylation is 3. The third-order valence-corrected chi connectivity index (χ3v) is 3.46. The number of hydrogen-bond acceptors (Lipinski definition) is 2. The molecule has 0 saturated heterocycles. The van der Waals surface area contributed by atoms with Crippen molar-refractivity contribution in [3.63, 3.8) is 0 Å². The molecule has 3 aromatic rings. The average Bonchev–Trinajstić information content (AvgIpc) is 3.02. The van der Waals surface area contributed by atoms with Crippen LogP contribution in [-0.2, 0) is 20.0 Å². The lowest BCUT2D eigenvalue weighted by molar-refractivity contribution is 0.112. The summed E-state index contributed by atoms with van der Waals surface area (Å²) in [5, 5.41) is 5.28. The second-order valence-corrected chi connectivity index (χ2v) is 4.64. The minimum atomic E-state index is 0.719. The van der Waals surface area contributed by atoms with Gasteiger partial charge in [0, 0.05) is 54.6 Å². The molecular weight excluding hydrogens is 238 g/mol. The number of benzene rings is 1. The van der Waals surface area contributed by atoms with E-state index in [1.807, 2.05) is 48.3 Å². The van der Waals surface area contributed by atoms with Crippen LogP contribution < -0.4 is 0 Å². The molecule has 4 nitrogen and oxygen atoms in total. The van der Waals surface area contributed by atoms with Gasteiger partial charge in [0.15, 0.2) is 0 Å². The molecule has 0 aliphatic heterocycles. The molecule has 96 valence electrons. The zero-order valence-corrected chi connectivity index (χ0v) is 10.8. The molecular formula is C15H15N3O. The van der Waals surface area contributed by atoms with E-state index in [1.165, 1.54) is 5.69 Å². The molecule has 0 spiro atoms. The lowest BCUT2D eigenvalue weighted by Gasteiger charge is -2.06. The molecule has 0 fully saturated rings. The number of aromatic nitrogens is 3. The minimum Gasteiger partial charge on any atom is -0.347 e. The molecule has 0 unspecified atom stereocenters. The maximum atomic E-state index is 10.8. The Hall–Kier alpha value is -2.36. The van der Waals surface area contributed by atoms with Crippen molar-refractivity contribution in [2.24, 2.45) is 7.05 Å². The fourth-order valence-electron chi connectivity index (χ4n) is 2.37. The Labute approximate surface area is 111 Å². The lowest BCUT2D eigenvalue weighted by atomic mass is 10.2. The van der Waals surface area contributed by atoms with Gasteiger partial charge in [-0.1, -0.05) is 0 Å². The Morgan fingerprint density at radius 3 is 2.89 bits per heavy atom. The summed E-state index contributed by atoms with van der Waals surface area (Å²) in [7, 11) is 1.96. The first-order valence-corrected chi connectivity index (χ1v) is 6.29. The highest BCUT2D eigenvalue weighted by Gasteiger charge is 2.04. The molecule has 0 radical (unpaired) electrons. The van der Waals surface area contributed by atoms with Gasteiger partial charge in [-0.25, -0.2) is 0 Å². The van der Waals surface area contributed by atoms with E-state index in [4.69, 9.17) is 0 Å². The van der Waals surface area contributed by atoms with Crippen LogP contribution in [0.4, 0.5) is 0 Å². The molecule has 3 rings (SSSR count). The van der Waals surface area contributed by atoms with Crippen molar-refractivity contribution in [2.45, 2.75) is 13.0 Å². The van der Waals surface area contributed by atoms with Crippen molar-refractivity contribution in [1.82, 2.24) is 14.3 Å².